The molecule has 3 rings (SSSR count). The molecule has 634 valence electrons. The van der Waals surface area contributed by atoms with Crippen molar-refractivity contribution in [2.24, 2.45) is 5.92 Å². The van der Waals surface area contributed by atoms with Crippen LogP contribution in [0, 0.1) is 5.92 Å². The van der Waals surface area contributed by atoms with Crippen LogP contribution in [0.5, 0.6) is 0 Å². The third-order valence-electron chi connectivity index (χ3n) is 17.4. The van der Waals surface area contributed by atoms with Gasteiger partial charge in [-0.3, -0.25) is 38.4 Å². The van der Waals surface area contributed by atoms with Crippen LogP contribution < -0.4 is 37.2 Å². The molecule has 109 heavy (non-hydrogen) atoms. The maximum Gasteiger partial charge on any atom is 0.246 e. The average Bonchev–Trinajstić information content (AvgIpc) is 0.822. The molecule has 0 aliphatic carbocycles. The molecule has 16 N–H and O–H groups in total. The second kappa shape index (κ2) is 60.6. The van der Waals surface area contributed by atoms with Crippen LogP contribution in [0.1, 0.15) is 118 Å². The summed E-state index contributed by atoms with van der Waals surface area (Å²) in [6.45, 7) is 5.83. The van der Waals surface area contributed by atoms with E-state index in [1.54, 1.807) is 0 Å². The van der Waals surface area contributed by atoms with E-state index in [4.69, 9.17) is 71.1 Å². The summed E-state index contributed by atoms with van der Waals surface area (Å²) in [6.07, 6.45) is -6.32. The third kappa shape index (κ3) is 42.6. The van der Waals surface area contributed by atoms with Gasteiger partial charge in [0.25, 0.3) is 0 Å². The Bertz CT molecular complexity index is 2480. The van der Waals surface area contributed by atoms with Crippen molar-refractivity contribution >= 4 is 47.1 Å². The first-order chi connectivity index (χ1) is 52.6. The minimum Gasteiger partial charge on any atom is -0.394 e. The van der Waals surface area contributed by atoms with Crippen molar-refractivity contribution in [1.29, 1.82) is 0 Å². The van der Waals surface area contributed by atoms with Crippen LogP contribution in [0.2, 0.25) is 0 Å². The smallest absolute Gasteiger partial charge is 0.246 e. The molecule has 0 bridgehead atoms. The Labute approximate surface area is 637 Å². The Morgan fingerprint density at radius 3 is 1.01 bits per heavy atom. The molecule has 3 saturated heterocycles. The molecular formula is C70H127N7O32. The molecule has 0 saturated carbocycles. The van der Waals surface area contributed by atoms with Crippen molar-refractivity contribution in [2.45, 2.75) is 216 Å². The number of aliphatic hydroxyl groups excluding tert-OH is 9. The van der Waals surface area contributed by atoms with Crippen LogP contribution in [0.25, 0.3) is 0 Å². The molecular weight excluding hydrogens is 1450 g/mol. The van der Waals surface area contributed by atoms with Gasteiger partial charge < -0.3 is 154 Å². The van der Waals surface area contributed by atoms with Gasteiger partial charge in [0.2, 0.25) is 41.4 Å². The summed E-state index contributed by atoms with van der Waals surface area (Å²) < 4.78 is 83.1. The quantitative estimate of drug-likeness (QED) is 0.0253. The Morgan fingerprint density at radius 2 is 0.661 bits per heavy atom. The molecule has 3 heterocycles. The molecule has 0 radical (unpaired) electrons. The number of ether oxygens (including phenoxy) is 15. The van der Waals surface area contributed by atoms with E-state index in [2.05, 4.69) is 44.1 Å². The molecule has 3 fully saturated rings. The Balaban J connectivity index is 1.46. The summed E-state index contributed by atoms with van der Waals surface area (Å²) in [5.41, 5.74) is 0. The van der Waals surface area contributed by atoms with Gasteiger partial charge in [0, 0.05) is 52.7 Å². The maximum atomic E-state index is 14.3. The van der Waals surface area contributed by atoms with Gasteiger partial charge in [0.1, 0.15) is 92.9 Å². The standard InChI is InChI=1S/C70H127N7O32/c1-5-6-7-8-9-10-13-20-73-67(94)49(16-11-14-18-71-55(85)43-101-30-27-95-21-24-98-33-36-104-68-58(74-46(2)81)64(91)61(88)52(40-78)107-68)39-51(84)50(77-57(87)45-103-32-29-97-23-26-100-35-38-106-70-60(76-48(4)83)66(93)63(90)54(42-80)109-70)17-12-15-19-72-56(86)44-102-31-28-96-22-25-99-34-37-105-69-59(75-47(3)82)65(92)62(89)53(41-79)108-69/h49-50,52-54,58-66,68-70,78-80,88-93H,5-45H2,1-4H3,(H,71,85)(H,72,86)(H,73,94)(H,74,81)(H,75,82)(H,76,83)(H,77,87)/t49?,50?,52-,53-,54-,58-,59-,60-,61+,62+,63+,64-,65-,66-,68-,69-,70-/m1/s1. The molecule has 17 atom stereocenters. The second-order valence-electron chi connectivity index (χ2n) is 26.3. The summed E-state index contributed by atoms with van der Waals surface area (Å²) in [4.78, 5) is 102. The van der Waals surface area contributed by atoms with Crippen LogP contribution in [-0.2, 0) is 109 Å². The van der Waals surface area contributed by atoms with Crippen molar-refractivity contribution in [3.8, 4) is 0 Å². The molecule has 0 aromatic heterocycles. The van der Waals surface area contributed by atoms with Gasteiger partial charge in [-0.05, 0) is 38.5 Å². The second-order valence-corrected chi connectivity index (χ2v) is 26.3. The highest BCUT2D eigenvalue weighted by Gasteiger charge is 2.48. The Hall–Kier alpha value is -5.00. The number of Topliss-reactive ketones (excluding diaryl/α,β-unsaturated/α-hetero) is 1. The number of unbranched alkanes of at least 4 members (excludes halogenated alkanes) is 8. The highest BCUT2D eigenvalue weighted by molar-refractivity contribution is 5.92. The first-order valence-corrected chi connectivity index (χ1v) is 37.9. The monoisotopic (exact) mass is 1580 g/mol. The molecule has 7 amide bonds. The van der Waals surface area contributed by atoms with Crippen molar-refractivity contribution in [3.05, 3.63) is 0 Å². The fraction of sp³-hybridized carbons (Fsp3) is 0.886. The van der Waals surface area contributed by atoms with E-state index >= 15 is 0 Å². The zero-order valence-corrected chi connectivity index (χ0v) is 63.7. The van der Waals surface area contributed by atoms with Crippen LogP contribution in [0.3, 0.4) is 0 Å². The first kappa shape index (κ1) is 98.2. The predicted molar refractivity (Wildman–Crippen MR) is 381 cm³/mol. The highest BCUT2D eigenvalue weighted by atomic mass is 16.7. The van der Waals surface area contributed by atoms with Gasteiger partial charge in [-0.25, -0.2) is 0 Å². The lowest BCUT2D eigenvalue weighted by atomic mass is 9.91. The largest absolute Gasteiger partial charge is 0.394 e. The molecule has 0 spiro atoms. The predicted octanol–water partition coefficient (Wildman–Crippen LogP) is -5.48. The summed E-state index contributed by atoms with van der Waals surface area (Å²) >= 11 is 0. The van der Waals surface area contributed by atoms with E-state index in [1.165, 1.54) is 20.8 Å². The van der Waals surface area contributed by atoms with Crippen molar-refractivity contribution in [3.63, 3.8) is 0 Å². The number of carbonyl (C=O) groups is 8. The van der Waals surface area contributed by atoms with Crippen LogP contribution in [0.4, 0.5) is 0 Å². The van der Waals surface area contributed by atoms with Gasteiger partial charge in [-0.2, -0.15) is 0 Å². The number of nitrogens with one attached hydrogen (secondary N) is 7. The zero-order chi connectivity index (χ0) is 80.0. The summed E-state index contributed by atoms with van der Waals surface area (Å²) in [6, 6.07) is -4.29. The number of aliphatic hydroxyl groups is 9. The number of hydrogen-bond acceptors (Lipinski definition) is 32. The fourth-order valence-electron chi connectivity index (χ4n) is 11.6. The molecule has 3 aliphatic rings. The van der Waals surface area contributed by atoms with Crippen molar-refractivity contribution in [2.75, 3.05) is 178 Å². The van der Waals surface area contributed by atoms with Crippen molar-refractivity contribution in [1.82, 2.24) is 37.2 Å². The lowest BCUT2D eigenvalue weighted by molar-refractivity contribution is -0.272. The zero-order valence-electron chi connectivity index (χ0n) is 63.7. The van der Waals surface area contributed by atoms with E-state index in [9.17, 15) is 84.3 Å². The van der Waals surface area contributed by atoms with Gasteiger partial charge in [-0.15, -0.1) is 0 Å². The number of carbonyl (C=O) groups excluding carboxylic acids is 8. The highest BCUT2D eigenvalue weighted by Crippen LogP contribution is 2.26. The number of rotatable bonds is 65. The van der Waals surface area contributed by atoms with E-state index < -0.39 is 160 Å². The number of hydrogen-bond donors (Lipinski definition) is 16. The topological polar surface area (TPSA) is 541 Å². The Kier molecular flexibility index (Phi) is 54.6. The van der Waals surface area contributed by atoms with Gasteiger partial charge in [-0.1, -0.05) is 51.9 Å². The van der Waals surface area contributed by atoms with E-state index in [-0.39, 0.29) is 176 Å². The lowest BCUT2D eigenvalue weighted by Crippen LogP contribution is -2.64. The van der Waals surface area contributed by atoms with Gasteiger partial charge in [0.05, 0.1) is 145 Å². The van der Waals surface area contributed by atoms with Crippen molar-refractivity contribution < 1.29 is 155 Å². The van der Waals surface area contributed by atoms with Gasteiger partial charge in [0.15, 0.2) is 24.7 Å². The molecule has 39 heteroatoms. The van der Waals surface area contributed by atoms with E-state index in [0.29, 0.717) is 38.6 Å². The minimum atomic E-state index is -1.46. The Morgan fingerprint density at radius 1 is 0.358 bits per heavy atom. The molecule has 3 aliphatic heterocycles. The SMILES string of the molecule is CCCCCCCCCNC(=O)C(CCCCNC(=O)COCCOCCOCCO[C@@H]1O[C@H](CO)[C@H](O)[C@H](O)[C@H]1NC(C)=O)CC(=O)C(CCCCNC(=O)COCCOCCOCCO[C@@H]1O[C@H](CO)[C@H](O)[C@H](O)[C@H]1NC(C)=O)NC(=O)COCCOCCOCCO[C@@H]1O[C@H](CO)[C@H](O)[C@H](O)[C@H]1NC(C)=O. The van der Waals surface area contributed by atoms with E-state index in [0.717, 1.165) is 44.9 Å². The van der Waals surface area contributed by atoms with Crippen LogP contribution in [-0.4, -0.2) is 369 Å². The number of amides is 7. The lowest BCUT2D eigenvalue weighted by Gasteiger charge is -2.42. The molecule has 0 aromatic rings. The maximum absolute atomic E-state index is 14.3. The van der Waals surface area contributed by atoms with E-state index in [1.807, 2.05) is 0 Å². The normalized spacial score (nSPS) is 24.7. The minimum absolute atomic E-state index is 0.000249. The third-order valence-corrected chi connectivity index (χ3v) is 17.4. The summed E-state index contributed by atoms with van der Waals surface area (Å²) in [7, 11) is 0. The molecule has 39 nitrogen and oxygen atoms in total. The summed E-state index contributed by atoms with van der Waals surface area (Å²) in [5, 5.41) is 109. The van der Waals surface area contributed by atoms with Crippen LogP contribution >= 0.6 is 0 Å². The van der Waals surface area contributed by atoms with Gasteiger partial charge >= 0.3 is 0 Å². The number of ketones is 1. The van der Waals surface area contributed by atoms with Crippen LogP contribution in [0.15, 0.2) is 0 Å². The molecule has 0 aromatic carbocycles. The average molecular weight is 1580 g/mol. The molecule has 2 unspecified atom stereocenters. The fourth-order valence-corrected chi connectivity index (χ4v) is 11.6. The first-order valence-electron chi connectivity index (χ1n) is 37.9. The summed E-state index contributed by atoms with van der Waals surface area (Å²) in [5.74, 6) is -4.27.